The lowest BCUT2D eigenvalue weighted by molar-refractivity contribution is 0.0986. The Morgan fingerprint density at radius 1 is 1.03 bits per heavy atom. The minimum absolute atomic E-state index is 0.0178. The summed E-state index contributed by atoms with van der Waals surface area (Å²) in [5, 5.41) is -0.653. The predicted octanol–water partition coefficient (Wildman–Crippen LogP) is 3.10. The molecule has 0 atom stereocenters. The molecule has 1 heterocycles. The molecule has 7 nitrogen and oxygen atoms in total. The molecule has 0 fully saturated rings. The van der Waals surface area contributed by atoms with Gasteiger partial charge in [-0.05, 0) is 56.2 Å². The van der Waals surface area contributed by atoms with Crippen LogP contribution in [0.4, 0.5) is 5.69 Å². The molecular weight excluding hydrogens is 436 g/mol. The fraction of sp³-hybridized carbons (Fsp3) is 0.409. The van der Waals surface area contributed by atoms with Crippen LogP contribution in [0.25, 0.3) is 0 Å². The third-order valence-corrected chi connectivity index (χ3v) is 9.84. The van der Waals surface area contributed by atoms with Gasteiger partial charge in [0.15, 0.2) is 9.84 Å². The summed E-state index contributed by atoms with van der Waals surface area (Å²) in [6.07, 6.45) is 0.502. The number of hydrogen-bond donors (Lipinski definition) is 0. The van der Waals surface area contributed by atoms with Crippen molar-refractivity contribution in [2.45, 2.75) is 49.2 Å². The van der Waals surface area contributed by atoms with E-state index in [4.69, 9.17) is 0 Å². The van der Waals surface area contributed by atoms with Crippen molar-refractivity contribution in [3.05, 3.63) is 53.6 Å². The van der Waals surface area contributed by atoms with Crippen molar-refractivity contribution >= 4 is 31.5 Å². The molecule has 0 radical (unpaired) electrons. The maximum Gasteiger partial charge on any atom is 0.259 e. The zero-order chi connectivity index (χ0) is 23.0. The number of hydrogen-bond acceptors (Lipinski definition) is 5. The zero-order valence-corrected chi connectivity index (χ0v) is 19.8. The van der Waals surface area contributed by atoms with Crippen molar-refractivity contribution in [2.24, 2.45) is 0 Å². The Labute approximate surface area is 184 Å². The average molecular weight is 465 g/mol. The number of carbonyl (C=O) groups excluding carboxylic acids is 1. The maximum atomic E-state index is 13.3. The zero-order valence-electron chi connectivity index (χ0n) is 18.2. The highest BCUT2D eigenvalue weighted by molar-refractivity contribution is 7.92. The van der Waals surface area contributed by atoms with E-state index < -0.39 is 31.0 Å². The SMILES string of the molecule is CCN(CC)S(=O)(=O)c1ccc2c(c1)CCN2C(=O)c1ccccc1S(=O)(=O)C(C)C. The van der Waals surface area contributed by atoms with Gasteiger partial charge in [0.2, 0.25) is 10.0 Å². The Morgan fingerprint density at radius 2 is 1.68 bits per heavy atom. The van der Waals surface area contributed by atoms with Crippen molar-refractivity contribution in [3.8, 4) is 0 Å². The minimum atomic E-state index is -3.63. The van der Waals surface area contributed by atoms with Gasteiger partial charge in [-0.15, -0.1) is 0 Å². The molecule has 1 aliphatic rings. The lowest BCUT2D eigenvalue weighted by Crippen LogP contribution is -2.31. The lowest BCUT2D eigenvalue weighted by atomic mass is 10.1. The third-order valence-electron chi connectivity index (χ3n) is 5.58. The number of rotatable bonds is 7. The highest BCUT2D eigenvalue weighted by Crippen LogP contribution is 2.33. The quantitative estimate of drug-likeness (QED) is 0.628. The highest BCUT2D eigenvalue weighted by atomic mass is 32.2. The van der Waals surface area contributed by atoms with Crippen molar-refractivity contribution < 1.29 is 21.6 Å². The normalized spacial score (nSPS) is 14.3. The second kappa shape index (κ2) is 8.72. The smallest absolute Gasteiger partial charge is 0.259 e. The lowest BCUT2D eigenvalue weighted by Gasteiger charge is -2.21. The Kier molecular flexibility index (Phi) is 6.59. The van der Waals surface area contributed by atoms with E-state index in [-0.39, 0.29) is 15.4 Å². The van der Waals surface area contributed by atoms with E-state index in [2.05, 4.69) is 0 Å². The summed E-state index contributed by atoms with van der Waals surface area (Å²) in [5.41, 5.74) is 1.50. The van der Waals surface area contributed by atoms with Gasteiger partial charge in [-0.2, -0.15) is 4.31 Å². The molecule has 0 bridgehead atoms. The molecule has 0 spiro atoms. The van der Waals surface area contributed by atoms with E-state index >= 15 is 0 Å². The number of nitrogens with zero attached hydrogens (tertiary/aromatic N) is 2. The molecule has 1 amide bonds. The van der Waals surface area contributed by atoms with Crippen LogP contribution in [0.2, 0.25) is 0 Å². The summed E-state index contributed by atoms with van der Waals surface area (Å²) in [7, 11) is -7.23. The third kappa shape index (κ3) is 4.14. The van der Waals surface area contributed by atoms with Gasteiger partial charge in [-0.1, -0.05) is 26.0 Å². The summed E-state index contributed by atoms with van der Waals surface area (Å²) in [6.45, 7) is 7.86. The molecule has 2 aromatic carbocycles. The predicted molar refractivity (Wildman–Crippen MR) is 121 cm³/mol. The first kappa shape index (κ1) is 23.4. The number of benzene rings is 2. The fourth-order valence-corrected chi connectivity index (χ4v) is 6.50. The van der Waals surface area contributed by atoms with Gasteiger partial charge in [-0.3, -0.25) is 4.79 Å². The minimum Gasteiger partial charge on any atom is -0.308 e. The molecule has 0 saturated carbocycles. The van der Waals surface area contributed by atoms with Crippen LogP contribution in [0.3, 0.4) is 0 Å². The topological polar surface area (TPSA) is 91.8 Å². The molecule has 0 unspecified atom stereocenters. The van der Waals surface area contributed by atoms with Crippen LogP contribution in [0.1, 0.15) is 43.6 Å². The Bertz CT molecular complexity index is 1200. The van der Waals surface area contributed by atoms with Crippen molar-refractivity contribution in [3.63, 3.8) is 0 Å². The number of sulfone groups is 1. The Hall–Kier alpha value is -2.23. The van der Waals surface area contributed by atoms with Gasteiger partial charge in [0.05, 0.1) is 20.6 Å². The first-order chi connectivity index (χ1) is 14.6. The van der Waals surface area contributed by atoms with Crippen molar-refractivity contribution in [1.29, 1.82) is 0 Å². The van der Waals surface area contributed by atoms with E-state index in [0.29, 0.717) is 31.7 Å². The van der Waals surface area contributed by atoms with Crippen LogP contribution < -0.4 is 4.90 Å². The summed E-state index contributed by atoms with van der Waals surface area (Å²) < 4.78 is 52.5. The van der Waals surface area contributed by atoms with Crippen LogP contribution >= 0.6 is 0 Å². The molecule has 1 aliphatic heterocycles. The van der Waals surface area contributed by atoms with Gasteiger partial charge in [0.25, 0.3) is 5.91 Å². The van der Waals surface area contributed by atoms with Gasteiger partial charge < -0.3 is 4.90 Å². The van der Waals surface area contributed by atoms with Crippen molar-refractivity contribution in [1.82, 2.24) is 4.31 Å². The standard InChI is InChI=1S/C22H28N2O5S2/c1-5-23(6-2)31(28,29)18-11-12-20-17(15-18)13-14-24(20)22(25)19-9-7-8-10-21(19)30(26,27)16(3)4/h7-12,15-16H,5-6,13-14H2,1-4H3. The first-order valence-corrected chi connectivity index (χ1v) is 13.3. The Morgan fingerprint density at radius 3 is 2.29 bits per heavy atom. The average Bonchev–Trinajstić information content (AvgIpc) is 3.17. The number of sulfonamides is 1. The molecular formula is C22H28N2O5S2. The van der Waals surface area contributed by atoms with E-state index in [9.17, 15) is 21.6 Å². The number of fused-ring (bicyclic) bond motifs is 1. The molecule has 0 aliphatic carbocycles. The first-order valence-electron chi connectivity index (χ1n) is 10.3. The van der Waals surface area contributed by atoms with Gasteiger partial charge in [-0.25, -0.2) is 16.8 Å². The van der Waals surface area contributed by atoms with Crippen LogP contribution in [-0.4, -0.2) is 51.9 Å². The van der Waals surface area contributed by atoms with E-state index in [1.54, 1.807) is 52.0 Å². The molecule has 31 heavy (non-hydrogen) atoms. The molecule has 0 N–H and O–H groups in total. The molecule has 0 saturated heterocycles. The second-order valence-corrected chi connectivity index (χ2v) is 12.1. The van der Waals surface area contributed by atoms with Crippen LogP contribution in [0.5, 0.6) is 0 Å². The fourth-order valence-electron chi connectivity index (χ4n) is 3.75. The summed E-state index contributed by atoms with van der Waals surface area (Å²) in [4.78, 5) is 15.1. The molecule has 2 aromatic rings. The van der Waals surface area contributed by atoms with Gasteiger partial charge in [0.1, 0.15) is 0 Å². The monoisotopic (exact) mass is 464 g/mol. The Balaban J connectivity index is 2.00. The second-order valence-electron chi connectivity index (χ2n) is 7.68. The summed E-state index contributed by atoms with van der Waals surface area (Å²) >= 11 is 0. The van der Waals surface area contributed by atoms with E-state index in [0.717, 1.165) is 5.56 Å². The molecule has 9 heteroatoms. The van der Waals surface area contributed by atoms with Crippen molar-refractivity contribution in [2.75, 3.05) is 24.5 Å². The summed E-state index contributed by atoms with van der Waals surface area (Å²) in [6, 6.07) is 11.0. The maximum absolute atomic E-state index is 13.3. The number of amides is 1. The van der Waals surface area contributed by atoms with Crippen LogP contribution in [0.15, 0.2) is 52.3 Å². The van der Waals surface area contributed by atoms with Crippen LogP contribution in [0, 0.1) is 0 Å². The molecule has 0 aromatic heterocycles. The number of carbonyl (C=O) groups is 1. The molecule has 3 rings (SSSR count). The largest absolute Gasteiger partial charge is 0.308 e. The van der Waals surface area contributed by atoms with Gasteiger partial charge >= 0.3 is 0 Å². The number of anilines is 1. The van der Waals surface area contributed by atoms with Gasteiger partial charge in [0, 0.05) is 25.3 Å². The summed E-state index contributed by atoms with van der Waals surface area (Å²) in [5.74, 6) is -0.405. The molecule has 168 valence electrons. The van der Waals surface area contributed by atoms with E-state index in [1.807, 2.05) is 0 Å². The van der Waals surface area contributed by atoms with E-state index in [1.165, 1.54) is 27.4 Å². The highest BCUT2D eigenvalue weighted by Gasteiger charge is 2.32. The van der Waals surface area contributed by atoms with Crippen LogP contribution in [-0.2, 0) is 26.3 Å².